The van der Waals surface area contributed by atoms with Crippen LogP contribution in [0, 0.1) is 0 Å². The summed E-state index contributed by atoms with van der Waals surface area (Å²) in [5.41, 5.74) is 2.03. The number of ketones is 1. The Labute approximate surface area is 231 Å². The van der Waals surface area contributed by atoms with Crippen LogP contribution in [0.4, 0.5) is 11.4 Å². The summed E-state index contributed by atoms with van der Waals surface area (Å²) in [6, 6.07) is 16.3. The van der Waals surface area contributed by atoms with E-state index in [9.17, 15) is 14.7 Å². The highest BCUT2D eigenvalue weighted by atomic mass is 35.5. The van der Waals surface area contributed by atoms with Gasteiger partial charge in [-0.3, -0.25) is 14.5 Å². The van der Waals surface area contributed by atoms with Gasteiger partial charge in [0, 0.05) is 30.5 Å². The van der Waals surface area contributed by atoms with Gasteiger partial charge in [-0.2, -0.15) is 0 Å². The van der Waals surface area contributed by atoms with E-state index in [2.05, 4.69) is 0 Å². The Morgan fingerprint density at radius 3 is 2.18 bits per heavy atom. The summed E-state index contributed by atoms with van der Waals surface area (Å²) in [5.74, 6) is -1.29. The summed E-state index contributed by atoms with van der Waals surface area (Å²) < 4.78 is 11.2. The zero-order valence-electron chi connectivity index (χ0n) is 21.7. The van der Waals surface area contributed by atoms with Crippen LogP contribution in [0.1, 0.15) is 31.0 Å². The van der Waals surface area contributed by atoms with E-state index in [0.717, 1.165) is 5.69 Å². The monoisotopic (exact) mass is 554 g/mol. The van der Waals surface area contributed by atoms with Gasteiger partial charge in [0.2, 0.25) is 0 Å². The first-order chi connectivity index (χ1) is 18.0. The Kier molecular flexibility index (Phi) is 7.90. The van der Waals surface area contributed by atoms with Crippen molar-refractivity contribution in [3.05, 3.63) is 87.4 Å². The van der Waals surface area contributed by atoms with E-state index in [1.54, 1.807) is 36.4 Å². The SMILES string of the molecule is COc1c(Cl)cc(Cl)cc1/C(O)=C1\C(=O)C(=O)N(c2ccc(N(C)C)cc2)C1c1ccc(OC(C)C)cc1. The number of hydrogen-bond donors (Lipinski definition) is 1. The van der Waals surface area contributed by atoms with Crippen LogP contribution < -0.4 is 19.3 Å². The molecule has 1 aliphatic rings. The van der Waals surface area contributed by atoms with E-state index in [1.807, 2.05) is 45.0 Å². The Morgan fingerprint density at radius 1 is 1.00 bits per heavy atom. The topological polar surface area (TPSA) is 79.3 Å². The quantitative estimate of drug-likeness (QED) is 0.204. The molecule has 1 N–H and O–H groups in total. The maximum atomic E-state index is 13.5. The van der Waals surface area contributed by atoms with Crippen LogP contribution in [0.3, 0.4) is 0 Å². The molecule has 1 fully saturated rings. The number of carbonyl (C=O) groups excluding carboxylic acids is 2. The van der Waals surface area contributed by atoms with Crippen molar-refractivity contribution in [1.29, 1.82) is 0 Å². The molecule has 198 valence electrons. The van der Waals surface area contributed by atoms with Crippen LogP contribution in [0.5, 0.6) is 11.5 Å². The molecule has 0 bridgehead atoms. The van der Waals surface area contributed by atoms with E-state index in [1.165, 1.54) is 24.1 Å². The highest BCUT2D eigenvalue weighted by Gasteiger charge is 2.47. The van der Waals surface area contributed by atoms with Crippen LogP contribution in [0.15, 0.2) is 66.2 Å². The number of amides is 1. The molecule has 38 heavy (non-hydrogen) atoms. The molecule has 1 aliphatic heterocycles. The molecular weight excluding hydrogens is 527 g/mol. The number of halogens is 2. The molecule has 1 atom stereocenters. The highest BCUT2D eigenvalue weighted by Crippen LogP contribution is 2.45. The maximum absolute atomic E-state index is 13.5. The van der Waals surface area contributed by atoms with Gasteiger partial charge < -0.3 is 19.5 Å². The van der Waals surface area contributed by atoms with Gasteiger partial charge in [-0.05, 0) is 67.9 Å². The Bertz CT molecular complexity index is 1400. The van der Waals surface area contributed by atoms with Crippen LogP contribution in [0.25, 0.3) is 5.76 Å². The molecule has 1 heterocycles. The molecule has 1 amide bonds. The minimum atomic E-state index is -0.934. The second-order valence-corrected chi connectivity index (χ2v) is 10.1. The van der Waals surface area contributed by atoms with Gasteiger partial charge in [0.15, 0.2) is 0 Å². The summed E-state index contributed by atoms with van der Waals surface area (Å²) in [6.45, 7) is 3.84. The third kappa shape index (κ3) is 5.17. The van der Waals surface area contributed by atoms with Gasteiger partial charge in [0.1, 0.15) is 17.3 Å². The smallest absolute Gasteiger partial charge is 0.300 e. The van der Waals surface area contributed by atoms with Crippen molar-refractivity contribution in [2.24, 2.45) is 0 Å². The number of benzene rings is 3. The predicted octanol–water partition coefficient (Wildman–Crippen LogP) is 6.48. The molecule has 0 spiro atoms. The number of carbonyl (C=O) groups is 2. The van der Waals surface area contributed by atoms with Gasteiger partial charge >= 0.3 is 0 Å². The normalized spacial score (nSPS) is 16.7. The molecular formula is C29H28Cl2N2O5. The predicted molar refractivity (Wildman–Crippen MR) is 151 cm³/mol. The number of Topliss-reactive ketones (excluding diaryl/α,β-unsaturated/α-hetero) is 1. The number of anilines is 2. The van der Waals surface area contributed by atoms with Crippen molar-refractivity contribution in [3.8, 4) is 11.5 Å². The van der Waals surface area contributed by atoms with E-state index in [0.29, 0.717) is 17.0 Å². The number of hydrogen-bond acceptors (Lipinski definition) is 6. The summed E-state index contributed by atoms with van der Waals surface area (Å²) in [7, 11) is 5.21. The van der Waals surface area contributed by atoms with E-state index in [4.69, 9.17) is 32.7 Å². The Balaban J connectivity index is 1.94. The van der Waals surface area contributed by atoms with Crippen molar-refractivity contribution < 1.29 is 24.2 Å². The van der Waals surface area contributed by atoms with Gasteiger partial charge in [0.05, 0.1) is 35.4 Å². The Hall–Kier alpha value is -3.68. The second-order valence-electron chi connectivity index (χ2n) is 9.28. The fraction of sp³-hybridized carbons (Fsp3) is 0.241. The third-order valence-electron chi connectivity index (χ3n) is 6.12. The molecule has 9 heteroatoms. The first-order valence-electron chi connectivity index (χ1n) is 11.9. The number of rotatable bonds is 7. The van der Waals surface area contributed by atoms with Crippen molar-refractivity contribution in [1.82, 2.24) is 0 Å². The lowest BCUT2D eigenvalue weighted by atomic mass is 9.94. The number of ether oxygens (including phenoxy) is 2. The number of aliphatic hydroxyl groups is 1. The van der Waals surface area contributed by atoms with Crippen LogP contribution in [0.2, 0.25) is 10.0 Å². The fourth-order valence-corrected chi connectivity index (χ4v) is 4.99. The average Bonchev–Trinajstić information content (AvgIpc) is 3.13. The first-order valence-corrected chi connectivity index (χ1v) is 12.7. The van der Waals surface area contributed by atoms with E-state index in [-0.39, 0.29) is 33.0 Å². The second kappa shape index (κ2) is 11.0. The summed E-state index contributed by atoms with van der Waals surface area (Å²) in [6.07, 6.45) is -0.0262. The van der Waals surface area contributed by atoms with Crippen molar-refractivity contribution in [2.45, 2.75) is 26.0 Å². The molecule has 4 rings (SSSR count). The van der Waals surface area contributed by atoms with Gasteiger partial charge in [-0.25, -0.2) is 0 Å². The van der Waals surface area contributed by atoms with Crippen LogP contribution in [-0.4, -0.2) is 44.1 Å². The van der Waals surface area contributed by atoms with E-state index < -0.39 is 23.5 Å². The summed E-state index contributed by atoms with van der Waals surface area (Å²) in [4.78, 5) is 30.3. The van der Waals surface area contributed by atoms with Crippen LogP contribution >= 0.6 is 23.2 Å². The van der Waals surface area contributed by atoms with Crippen molar-refractivity contribution >= 4 is 52.0 Å². The lowest BCUT2D eigenvalue weighted by molar-refractivity contribution is -0.132. The fourth-order valence-electron chi connectivity index (χ4n) is 4.42. The molecule has 0 aromatic heterocycles. The zero-order chi connectivity index (χ0) is 27.7. The maximum Gasteiger partial charge on any atom is 0.300 e. The standard InChI is InChI=1S/C29H28Cl2N2O5/c1-16(2)38-21-12-6-17(7-13-21)25-24(26(34)22-14-18(30)15-23(31)28(22)37-5)27(35)29(36)33(25)20-10-8-19(9-11-20)32(3)4/h6-16,25,34H,1-5H3/b26-24+. The van der Waals surface area contributed by atoms with Crippen molar-refractivity contribution in [2.75, 3.05) is 31.0 Å². The molecule has 0 saturated carbocycles. The number of nitrogens with zero attached hydrogens (tertiary/aromatic N) is 2. The van der Waals surface area contributed by atoms with Gasteiger partial charge in [-0.1, -0.05) is 35.3 Å². The van der Waals surface area contributed by atoms with Crippen LogP contribution in [-0.2, 0) is 9.59 Å². The largest absolute Gasteiger partial charge is 0.507 e. The number of methoxy groups -OCH3 is 1. The lowest BCUT2D eigenvalue weighted by Crippen LogP contribution is -2.29. The Morgan fingerprint density at radius 2 is 1.63 bits per heavy atom. The minimum Gasteiger partial charge on any atom is -0.507 e. The summed E-state index contributed by atoms with van der Waals surface area (Å²) >= 11 is 12.5. The van der Waals surface area contributed by atoms with Gasteiger partial charge in [-0.15, -0.1) is 0 Å². The molecule has 1 saturated heterocycles. The lowest BCUT2D eigenvalue weighted by Gasteiger charge is -2.26. The van der Waals surface area contributed by atoms with E-state index >= 15 is 0 Å². The molecule has 1 unspecified atom stereocenters. The average molecular weight is 555 g/mol. The third-order valence-corrected chi connectivity index (χ3v) is 6.62. The molecule has 7 nitrogen and oxygen atoms in total. The first kappa shape index (κ1) is 27.4. The number of aliphatic hydroxyl groups excluding tert-OH is 1. The van der Waals surface area contributed by atoms with Crippen molar-refractivity contribution in [3.63, 3.8) is 0 Å². The minimum absolute atomic E-state index is 0.0262. The zero-order valence-corrected chi connectivity index (χ0v) is 23.2. The molecule has 3 aromatic carbocycles. The molecule has 0 radical (unpaired) electrons. The summed E-state index contributed by atoms with van der Waals surface area (Å²) in [5, 5.41) is 11.9. The molecule has 3 aromatic rings. The highest BCUT2D eigenvalue weighted by molar-refractivity contribution is 6.52. The molecule has 0 aliphatic carbocycles. The van der Waals surface area contributed by atoms with Gasteiger partial charge in [0.25, 0.3) is 11.7 Å².